The molecule has 2 aliphatic heterocycles. The van der Waals surface area contributed by atoms with Gasteiger partial charge in [-0.2, -0.15) is 0 Å². The minimum atomic E-state index is -0.770. The van der Waals surface area contributed by atoms with Crippen molar-refractivity contribution in [2.24, 2.45) is 23.7 Å². The van der Waals surface area contributed by atoms with Gasteiger partial charge < -0.3 is 14.9 Å². The Hall–Kier alpha value is -1.59. The van der Waals surface area contributed by atoms with E-state index in [0.717, 1.165) is 31.6 Å². The predicted molar refractivity (Wildman–Crippen MR) is 92.7 cm³/mol. The molecule has 2 saturated heterocycles. The first kappa shape index (κ1) is 18.2. The van der Waals surface area contributed by atoms with E-state index in [1.165, 1.54) is 0 Å². The van der Waals surface area contributed by atoms with Crippen molar-refractivity contribution in [3.05, 3.63) is 0 Å². The van der Waals surface area contributed by atoms with Crippen molar-refractivity contribution in [1.82, 2.24) is 9.80 Å². The van der Waals surface area contributed by atoms with Gasteiger partial charge in [0.2, 0.25) is 11.8 Å². The normalized spacial score (nSPS) is 36.6. The predicted octanol–water partition coefficient (Wildman–Crippen LogP) is 1.98. The average Bonchev–Trinajstić information content (AvgIpc) is 2.96. The molecular weight excluding hydrogens is 320 g/mol. The van der Waals surface area contributed by atoms with Crippen LogP contribution in [-0.4, -0.2) is 58.4 Å². The second-order valence-electron chi connectivity index (χ2n) is 8.36. The van der Waals surface area contributed by atoms with Crippen LogP contribution in [0.3, 0.4) is 0 Å². The van der Waals surface area contributed by atoms with Crippen molar-refractivity contribution in [2.45, 2.75) is 58.4 Å². The molecule has 3 rings (SSSR count). The molecule has 1 saturated carbocycles. The van der Waals surface area contributed by atoms with Crippen LogP contribution in [0, 0.1) is 23.7 Å². The second-order valence-corrected chi connectivity index (χ2v) is 8.36. The number of hydrogen-bond donors (Lipinski definition) is 1. The highest BCUT2D eigenvalue weighted by molar-refractivity contribution is 5.89. The number of aliphatic carboxylic acids is 1. The Balaban J connectivity index is 1.57. The van der Waals surface area contributed by atoms with Gasteiger partial charge in [0, 0.05) is 32.1 Å². The molecule has 140 valence electrons. The zero-order valence-corrected chi connectivity index (χ0v) is 15.3. The smallest absolute Gasteiger partial charge is 0.306 e. The van der Waals surface area contributed by atoms with E-state index in [1.54, 1.807) is 4.90 Å². The maximum atomic E-state index is 12.8. The van der Waals surface area contributed by atoms with Crippen LogP contribution < -0.4 is 0 Å². The number of rotatable bonds is 3. The minimum Gasteiger partial charge on any atom is -0.481 e. The molecule has 3 aliphatic rings. The van der Waals surface area contributed by atoms with E-state index in [1.807, 2.05) is 11.8 Å². The molecule has 0 radical (unpaired) electrons. The number of carboxylic acid groups (broad SMARTS) is 1. The van der Waals surface area contributed by atoms with Crippen molar-refractivity contribution in [1.29, 1.82) is 0 Å². The quantitative estimate of drug-likeness (QED) is 0.844. The van der Waals surface area contributed by atoms with Crippen molar-refractivity contribution < 1.29 is 19.5 Å². The Labute approximate surface area is 149 Å². The highest BCUT2D eigenvalue weighted by Gasteiger charge is 2.42. The summed E-state index contributed by atoms with van der Waals surface area (Å²) >= 11 is 0. The summed E-state index contributed by atoms with van der Waals surface area (Å²) in [5.74, 6) is -0.530. The van der Waals surface area contributed by atoms with Crippen LogP contribution in [0.5, 0.6) is 0 Å². The molecular formula is C19H30N2O4. The first-order valence-corrected chi connectivity index (χ1v) is 9.67. The lowest BCUT2D eigenvalue weighted by Gasteiger charge is -2.36. The van der Waals surface area contributed by atoms with Crippen LogP contribution in [0.1, 0.15) is 52.4 Å². The zero-order chi connectivity index (χ0) is 18.1. The fourth-order valence-corrected chi connectivity index (χ4v) is 4.77. The summed E-state index contributed by atoms with van der Waals surface area (Å²) in [5.41, 5.74) is 0. The SMILES string of the molecule is CC1CCC(N2CC(C(=O)N3CCC(C(=O)O)C(C)C3)CC2=O)CC1. The number of carboxylic acids is 1. The third kappa shape index (κ3) is 3.82. The van der Waals surface area contributed by atoms with Crippen molar-refractivity contribution in [3.8, 4) is 0 Å². The first-order chi connectivity index (χ1) is 11.9. The topological polar surface area (TPSA) is 77.9 Å². The van der Waals surface area contributed by atoms with Crippen LogP contribution in [0.25, 0.3) is 0 Å². The second kappa shape index (κ2) is 7.34. The number of carbonyl (C=O) groups is 3. The molecule has 25 heavy (non-hydrogen) atoms. The lowest BCUT2D eigenvalue weighted by molar-refractivity contribution is -0.149. The number of amides is 2. The fraction of sp³-hybridized carbons (Fsp3) is 0.842. The zero-order valence-electron chi connectivity index (χ0n) is 15.3. The number of carbonyl (C=O) groups excluding carboxylic acids is 2. The lowest BCUT2D eigenvalue weighted by atomic mass is 9.86. The molecule has 1 N–H and O–H groups in total. The summed E-state index contributed by atoms with van der Waals surface area (Å²) in [5, 5.41) is 9.22. The average molecular weight is 350 g/mol. The Morgan fingerprint density at radius 2 is 1.72 bits per heavy atom. The lowest BCUT2D eigenvalue weighted by Crippen LogP contribution is -2.47. The third-order valence-electron chi connectivity index (χ3n) is 6.47. The Bertz CT molecular complexity index is 542. The molecule has 0 aromatic heterocycles. The number of nitrogens with zero attached hydrogens (tertiary/aromatic N) is 2. The number of piperidine rings is 1. The summed E-state index contributed by atoms with van der Waals surface area (Å²) in [4.78, 5) is 40.2. The number of likely N-dealkylation sites (tertiary alicyclic amines) is 2. The standard InChI is InChI=1S/C19H30N2O4/c1-12-3-5-15(6-4-12)21-11-14(9-17(21)22)18(23)20-8-7-16(19(24)25)13(2)10-20/h12-16H,3-11H2,1-2H3,(H,24,25). The summed E-state index contributed by atoms with van der Waals surface area (Å²) in [6, 6.07) is 0.304. The van der Waals surface area contributed by atoms with E-state index in [0.29, 0.717) is 38.5 Å². The minimum absolute atomic E-state index is 0.0377. The third-order valence-corrected chi connectivity index (χ3v) is 6.47. The van der Waals surface area contributed by atoms with Crippen molar-refractivity contribution in [3.63, 3.8) is 0 Å². The Morgan fingerprint density at radius 1 is 1.04 bits per heavy atom. The van der Waals surface area contributed by atoms with Crippen LogP contribution in [0.4, 0.5) is 0 Å². The van der Waals surface area contributed by atoms with Crippen LogP contribution in [0.15, 0.2) is 0 Å². The maximum Gasteiger partial charge on any atom is 0.306 e. The van der Waals surface area contributed by atoms with Crippen LogP contribution in [0.2, 0.25) is 0 Å². The van der Waals surface area contributed by atoms with Gasteiger partial charge in [0.15, 0.2) is 0 Å². The molecule has 6 nitrogen and oxygen atoms in total. The van der Waals surface area contributed by atoms with Gasteiger partial charge in [-0.25, -0.2) is 0 Å². The summed E-state index contributed by atoms with van der Waals surface area (Å²) in [6.07, 6.45) is 5.25. The molecule has 3 fully saturated rings. The van der Waals surface area contributed by atoms with E-state index < -0.39 is 5.97 Å². The molecule has 1 aliphatic carbocycles. The molecule has 3 atom stereocenters. The summed E-state index contributed by atoms with van der Waals surface area (Å²) < 4.78 is 0. The van der Waals surface area contributed by atoms with Gasteiger partial charge in [0.1, 0.15) is 0 Å². The van der Waals surface area contributed by atoms with E-state index in [9.17, 15) is 19.5 Å². The fourth-order valence-electron chi connectivity index (χ4n) is 4.77. The van der Waals surface area contributed by atoms with Gasteiger partial charge in [-0.3, -0.25) is 14.4 Å². The summed E-state index contributed by atoms with van der Waals surface area (Å²) in [6.45, 7) is 5.68. The molecule has 6 heteroatoms. The molecule has 0 aromatic carbocycles. The molecule has 2 amide bonds. The molecule has 0 bridgehead atoms. The van der Waals surface area contributed by atoms with Gasteiger partial charge in [0.05, 0.1) is 11.8 Å². The van der Waals surface area contributed by atoms with E-state index >= 15 is 0 Å². The van der Waals surface area contributed by atoms with Crippen molar-refractivity contribution >= 4 is 17.8 Å². The Morgan fingerprint density at radius 3 is 2.32 bits per heavy atom. The highest BCUT2D eigenvalue weighted by Crippen LogP contribution is 2.32. The van der Waals surface area contributed by atoms with E-state index in [-0.39, 0.29) is 29.6 Å². The summed E-state index contributed by atoms with van der Waals surface area (Å²) in [7, 11) is 0. The Kier molecular flexibility index (Phi) is 5.35. The van der Waals surface area contributed by atoms with Gasteiger partial charge in [-0.15, -0.1) is 0 Å². The van der Waals surface area contributed by atoms with Gasteiger partial charge in [-0.05, 0) is 43.9 Å². The van der Waals surface area contributed by atoms with Gasteiger partial charge in [0.25, 0.3) is 0 Å². The van der Waals surface area contributed by atoms with E-state index in [4.69, 9.17) is 0 Å². The van der Waals surface area contributed by atoms with Crippen LogP contribution >= 0.6 is 0 Å². The van der Waals surface area contributed by atoms with Gasteiger partial charge in [-0.1, -0.05) is 13.8 Å². The molecule has 0 spiro atoms. The maximum absolute atomic E-state index is 12.8. The number of hydrogen-bond acceptors (Lipinski definition) is 3. The monoisotopic (exact) mass is 350 g/mol. The molecule has 3 unspecified atom stereocenters. The first-order valence-electron chi connectivity index (χ1n) is 9.67. The van der Waals surface area contributed by atoms with E-state index in [2.05, 4.69) is 6.92 Å². The molecule has 0 aromatic rings. The van der Waals surface area contributed by atoms with Gasteiger partial charge >= 0.3 is 5.97 Å². The molecule has 2 heterocycles. The van der Waals surface area contributed by atoms with Crippen LogP contribution in [-0.2, 0) is 14.4 Å². The van der Waals surface area contributed by atoms with Crippen molar-refractivity contribution in [2.75, 3.05) is 19.6 Å². The highest BCUT2D eigenvalue weighted by atomic mass is 16.4. The largest absolute Gasteiger partial charge is 0.481 e.